The van der Waals surface area contributed by atoms with Gasteiger partial charge in [0.15, 0.2) is 0 Å². The Labute approximate surface area is 118 Å². The molecular weight excluding hydrogens is 258 g/mol. The van der Waals surface area contributed by atoms with Crippen molar-refractivity contribution in [3.05, 3.63) is 30.1 Å². The summed E-state index contributed by atoms with van der Waals surface area (Å²) in [6, 6.07) is 5.28. The Bertz CT molecular complexity index is 423. The number of aliphatic carboxylic acids is 1. The lowest BCUT2D eigenvalue weighted by Crippen LogP contribution is -2.40. The molecule has 1 rings (SSSR count). The smallest absolute Gasteiger partial charge is 0.314 e. The first-order chi connectivity index (χ1) is 9.63. The molecule has 0 fully saturated rings. The van der Waals surface area contributed by atoms with Gasteiger partial charge in [-0.2, -0.15) is 0 Å². The average molecular weight is 279 g/mol. The van der Waals surface area contributed by atoms with Crippen LogP contribution in [0.2, 0.25) is 0 Å². The third kappa shape index (κ3) is 6.17. The number of nitrogens with zero attached hydrogens (tertiary/aromatic N) is 1. The van der Waals surface area contributed by atoms with Gasteiger partial charge in [-0.15, -0.1) is 0 Å². The zero-order valence-electron chi connectivity index (χ0n) is 11.6. The van der Waals surface area contributed by atoms with Crippen LogP contribution in [0.1, 0.15) is 25.5 Å². The lowest BCUT2D eigenvalue weighted by molar-refractivity contribution is -0.141. The Kier molecular flexibility index (Phi) is 7.10. The van der Waals surface area contributed by atoms with Crippen molar-refractivity contribution in [1.29, 1.82) is 0 Å². The van der Waals surface area contributed by atoms with Gasteiger partial charge in [-0.3, -0.25) is 9.78 Å². The van der Waals surface area contributed by atoms with Gasteiger partial charge >= 0.3 is 12.0 Å². The highest BCUT2D eigenvalue weighted by Crippen LogP contribution is 2.04. The topological polar surface area (TPSA) is 91.3 Å². The maximum atomic E-state index is 11.5. The molecule has 3 N–H and O–H groups in total. The molecule has 6 nitrogen and oxygen atoms in total. The number of hydrogen-bond acceptors (Lipinski definition) is 3. The Morgan fingerprint density at radius 1 is 1.35 bits per heavy atom. The number of carbonyl (C=O) groups excluding carboxylic acids is 1. The lowest BCUT2D eigenvalue weighted by Gasteiger charge is -2.12. The molecule has 110 valence electrons. The summed E-state index contributed by atoms with van der Waals surface area (Å²) in [5.74, 6) is -1.40. The van der Waals surface area contributed by atoms with Crippen LogP contribution in [-0.4, -0.2) is 35.2 Å². The van der Waals surface area contributed by atoms with Crippen LogP contribution >= 0.6 is 0 Å². The van der Waals surface area contributed by atoms with Crippen LogP contribution in [-0.2, 0) is 11.2 Å². The predicted octanol–water partition coefficient (Wildman–Crippen LogP) is 1.42. The van der Waals surface area contributed by atoms with Gasteiger partial charge in [0.2, 0.25) is 0 Å². The van der Waals surface area contributed by atoms with Crippen LogP contribution in [0.4, 0.5) is 4.79 Å². The first kappa shape index (κ1) is 15.9. The predicted molar refractivity (Wildman–Crippen MR) is 75.4 cm³/mol. The van der Waals surface area contributed by atoms with Crippen LogP contribution < -0.4 is 10.6 Å². The molecule has 6 heteroatoms. The van der Waals surface area contributed by atoms with E-state index in [-0.39, 0.29) is 12.6 Å². The van der Waals surface area contributed by atoms with Gasteiger partial charge < -0.3 is 15.7 Å². The van der Waals surface area contributed by atoms with E-state index in [0.717, 1.165) is 12.1 Å². The zero-order valence-corrected chi connectivity index (χ0v) is 11.6. The Balaban J connectivity index is 2.21. The quantitative estimate of drug-likeness (QED) is 0.671. The number of aromatic nitrogens is 1. The molecule has 1 aromatic rings. The monoisotopic (exact) mass is 279 g/mol. The van der Waals surface area contributed by atoms with Crippen LogP contribution in [0.25, 0.3) is 0 Å². The normalized spacial score (nSPS) is 11.7. The first-order valence-corrected chi connectivity index (χ1v) is 6.78. The molecule has 1 unspecified atom stereocenters. The highest BCUT2D eigenvalue weighted by molar-refractivity contribution is 5.75. The van der Waals surface area contributed by atoms with E-state index in [2.05, 4.69) is 15.6 Å². The van der Waals surface area contributed by atoms with E-state index < -0.39 is 11.9 Å². The second kappa shape index (κ2) is 8.90. The molecule has 1 atom stereocenters. The van der Waals surface area contributed by atoms with Gasteiger partial charge in [-0.05, 0) is 18.6 Å². The van der Waals surface area contributed by atoms with E-state index >= 15 is 0 Å². The molecule has 1 aromatic heterocycles. The molecule has 0 aliphatic rings. The van der Waals surface area contributed by atoms with E-state index in [0.29, 0.717) is 19.4 Å². The maximum Gasteiger partial charge on any atom is 0.314 e. The average Bonchev–Trinajstić information content (AvgIpc) is 2.44. The summed E-state index contributed by atoms with van der Waals surface area (Å²) in [5, 5.41) is 14.2. The minimum Gasteiger partial charge on any atom is -0.481 e. The Hall–Kier alpha value is -2.11. The van der Waals surface area contributed by atoms with Crippen molar-refractivity contribution in [2.75, 3.05) is 13.1 Å². The van der Waals surface area contributed by atoms with E-state index in [1.807, 2.05) is 25.1 Å². The third-order valence-corrected chi connectivity index (χ3v) is 2.89. The molecule has 0 saturated heterocycles. The fraction of sp³-hybridized carbons (Fsp3) is 0.500. The van der Waals surface area contributed by atoms with Gasteiger partial charge in [0.05, 0.1) is 5.92 Å². The number of urea groups is 1. The molecule has 0 saturated carbocycles. The highest BCUT2D eigenvalue weighted by Gasteiger charge is 2.16. The Morgan fingerprint density at radius 3 is 2.75 bits per heavy atom. The van der Waals surface area contributed by atoms with Crippen molar-refractivity contribution in [3.8, 4) is 0 Å². The molecule has 2 amide bonds. The molecule has 0 aliphatic carbocycles. The van der Waals surface area contributed by atoms with Gasteiger partial charge in [-0.25, -0.2) is 4.79 Å². The third-order valence-electron chi connectivity index (χ3n) is 2.89. The minimum absolute atomic E-state index is 0.151. The molecule has 0 radical (unpaired) electrons. The summed E-state index contributed by atoms with van der Waals surface area (Å²) in [6.07, 6.45) is 3.69. The molecule has 0 spiro atoms. The number of nitrogens with one attached hydrogen (secondary N) is 2. The molecular formula is C14H21N3O3. The molecule has 20 heavy (non-hydrogen) atoms. The van der Waals surface area contributed by atoms with Crippen molar-refractivity contribution in [2.45, 2.75) is 26.2 Å². The summed E-state index contributed by atoms with van der Waals surface area (Å²) >= 11 is 0. The largest absolute Gasteiger partial charge is 0.481 e. The summed E-state index contributed by atoms with van der Waals surface area (Å²) in [6.45, 7) is 2.54. The van der Waals surface area contributed by atoms with Crippen LogP contribution in [0.15, 0.2) is 24.4 Å². The number of amides is 2. The van der Waals surface area contributed by atoms with E-state index in [1.54, 1.807) is 6.20 Å². The molecule has 0 aromatic carbocycles. The van der Waals surface area contributed by atoms with Gasteiger partial charge in [0.25, 0.3) is 0 Å². The zero-order chi connectivity index (χ0) is 14.8. The fourth-order valence-corrected chi connectivity index (χ4v) is 1.79. The van der Waals surface area contributed by atoms with Crippen molar-refractivity contribution in [3.63, 3.8) is 0 Å². The maximum absolute atomic E-state index is 11.5. The fourth-order valence-electron chi connectivity index (χ4n) is 1.79. The molecule has 0 aliphatic heterocycles. The van der Waals surface area contributed by atoms with Crippen molar-refractivity contribution in [2.24, 2.45) is 5.92 Å². The Morgan fingerprint density at radius 2 is 2.15 bits per heavy atom. The number of carboxylic acid groups (broad SMARTS) is 1. The standard InChI is InChI=1S/C14H21N3O3/c1-2-5-11(13(18)19)10-17-14(20)16-9-7-12-6-3-4-8-15-12/h3-4,6,8,11H,2,5,7,9-10H2,1H3,(H,18,19)(H2,16,17,20). The number of carbonyl (C=O) groups is 2. The van der Waals surface area contributed by atoms with Crippen LogP contribution in [0, 0.1) is 5.92 Å². The van der Waals surface area contributed by atoms with Crippen molar-refractivity contribution < 1.29 is 14.7 Å². The number of carboxylic acids is 1. The van der Waals surface area contributed by atoms with Gasteiger partial charge in [0, 0.05) is 31.4 Å². The number of hydrogen-bond donors (Lipinski definition) is 3. The molecule has 1 heterocycles. The summed E-state index contributed by atoms with van der Waals surface area (Å²) in [5.41, 5.74) is 0.905. The van der Waals surface area contributed by atoms with Gasteiger partial charge in [-0.1, -0.05) is 19.4 Å². The van der Waals surface area contributed by atoms with Gasteiger partial charge in [0.1, 0.15) is 0 Å². The number of rotatable bonds is 8. The van der Waals surface area contributed by atoms with Crippen molar-refractivity contribution >= 4 is 12.0 Å². The first-order valence-electron chi connectivity index (χ1n) is 6.78. The molecule has 0 bridgehead atoms. The minimum atomic E-state index is -0.874. The van der Waals surface area contributed by atoms with Crippen molar-refractivity contribution in [1.82, 2.24) is 15.6 Å². The summed E-state index contributed by atoms with van der Waals surface area (Å²) in [4.78, 5) is 26.6. The second-order valence-corrected chi connectivity index (χ2v) is 4.53. The van der Waals surface area contributed by atoms with E-state index in [1.165, 1.54) is 0 Å². The van der Waals surface area contributed by atoms with Crippen LogP contribution in [0.5, 0.6) is 0 Å². The summed E-state index contributed by atoms with van der Waals surface area (Å²) in [7, 11) is 0. The van der Waals surface area contributed by atoms with E-state index in [4.69, 9.17) is 5.11 Å². The number of pyridine rings is 1. The SMILES string of the molecule is CCCC(CNC(=O)NCCc1ccccn1)C(=O)O. The van der Waals surface area contributed by atoms with E-state index in [9.17, 15) is 9.59 Å². The highest BCUT2D eigenvalue weighted by atomic mass is 16.4. The lowest BCUT2D eigenvalue weighted by atomic mass is 10.0. The summed E-state index contributed by atoms with van der Waals surface area (Å²) < 4.78 is 0. The second-order valence-electron chi connectivity index (χ2n) is 4.53. The van der Waals surface area contributed by atoms with Crippen LogP contribution in [0.3, 0.4) is 0 Å².